The lowest BCUT2D eigenvalue weighted by Gasteiger charge is -2.25. The quantitative estimate of drug-likeness (QED) is 0.756. The van der Waals surface area contributed by atoms with Gasteiger partial charge >= 0.3 is 0 Å². The van der Waals surface area contributed by atoms with Crippen LogP contribution in [0.2, 0.25) is 0 Å². The van der Waals surface area contributed by atoms with Crippen LogP contribution in [-0.2, 0) is 4.79 Å². The van der Waals surface area contributed by atoms with Gasteiger partial charge in [-0.05, 0) is 24.3 Å². The van der Waals surface area contributed by atoms with E-state index in [9.17, 15) is 9.59 Å². The van der Waals surface area contributed by atoms with E-state index in [0.717, 1.165) is 0 Å². The number of hydrogen-bond acceptors (Lipinski definition) is 5. The van der Waals surface area contributed by atoms with Crippen LogP contribution in [-0.4, -0.2) is 28.8 Å². The van der Waals surface area contributed by atoms with E-state index < -0.39 is 6.10 Å². The number of hydrogen-bond donors (Lipinski definition) is 2. The third kappa shape index (κ3) is 3.14. The molecule has 0 saturated carbocycles. The van der Waals surface area contributed by atoms with Gasteiger partial charge in [-0.1, -0.05) is 30.3 Å². The van der Waals surface area contributed by atoms with Crippen molar-refractivity contribution < 1.29 is 14.3 Å². The summed E-state index contributed by atoms with van der Waals surface area (Å²) in [6.45, 7) is 0.127. The fraction of sp³-hybridized carbons (Fsp3) is 0.105. The predicted molar refractivity (Wildman–Crippen MR) is 95.3 cm³/mol. The minimum absolute atomic E-state index is 0.127. The van der Waals surface area contributed by atoms with Crippen LogP contribution >= 0.6 is 0 Å². The Hall–Kier alpha value is -3.61. The molecule has 1 aromatic heterocycles. The van der Waals surface area contributed by atoms with E-state index in [-0.39, 0.29) is 18.1 Å². The normalized spacial score (nSPS) is 15.3. The van der Waals surface area contributed by atoms with E-state index in [0.29, 0.717) is 28.4 Å². The van der Waals surface area contributed by atoms with Gasteiger partial charge in [0, 0.05) is 11.6 Å². The fourth-order valence-corrected chi connectivity index (χ4v) is 2.67. The van der Waals surface area contributed by atoms with Crippen LogP contribution in [0.4, 0.5) is 5.69 Å². The number of benzene rings is 2. The zero-order valence-corrected chi connectivity index (χ0v) is 13.6. The summed E-state index contributed by atoms with van der Waals surface area (Å²) in [5.74, 6) is 0.834. The third-order valence-electron chi connectivity index (χ3n) is 3.94. The molecular formula is C19H15N3O4. The number of H-pyrrole nitrogens is 1. The highest BCUT2D eigenvalue weighted by Gasteiger charge is 2.27. The van der Waals surface area contributed by atoms with E-state index in [1.807, 2.05) is 24.3 Å². The lowest BCUT2D eigenvalue weighted by Crippen LogP contribution is -2.40. The maximum atomic E-state index is 12.6. The Balaban J connectivity index is 1.56. The number of ether oxygens (including phenoxy) is 2. The molecule has 3 aromatic rings. The first kappa shape index (κ1) is 15.9. The molecule has 26 heavy (non-hydrogen) atoms. The summed E-state index contributed by atoms with van der Waals surface area (Å²) < 4.78 is 11.3. The summed E-state index contributed by atoms with van der Waals surface area (Å²) in [4.78, 5) is 23.8. The highest BCUT2D eigenvalue weighted by molar-refractivity contribution is 5.98. The molecule has 2 aromatic carbocycles. The molecular weight excluding hydrogens is 334 g/mol. The molecule has 0 aliphatic carbocycles. The fourth-order valence-electron chi connectivity index (χ4n) is 2.67. The zero-order chi connectivity index (χ0) is 17.9. The van der Waals surface area contributed by atoms with Gasteiger partial charge in [-0.25, -0.2) is 5.10 Å². The summed E-state index contributed by atoms with van der Waals surface area (Å²) in [6, 6.07) is 17.4. The van der Waals surface area contributed by atoms with Gasteiger partial charge in [0.15, 0.2) is 11.5 Å². The molecule has 0 unspecified atom stereocenters. The van der Waals surface area contributed by atoms with Crippen LogP contribution in [0.15, 0.2) is 65.5 Å². The average molecular weight is 349 g/mol. The summed E-state index contributed by atoms with van der Waals surface area (Å²) in [5, 5.41) is 9.25. The maximum absolute atomic E-state index is 12.6. The van der Waals surface area contributed by atoms with E-state index in [4.69, 9.17) is 9.47 Å². The van der Waals surface area contributed by atoms with Crippen molar-refractivity contribution in [3.63, 3.8) is 0 Å². The first-order chi connectivity index (χ1) is 12.7. The van der Waals surface area contributed by atoms with Crippen LogP contribution in [0.25, 0.3) is 11.3 Å². The van der Waals surface area contributed by atoms with Gasteiger partial charge in [0.2, 0.25) is 6.10 Å². The van der Waals surface area contributed by atoms with Crippen LogP contribution in [0.3, 0.4) is 0 Å². The van der Waals surface area contributed by atoms with Crippen LogP contribution in [0.5, 0.6) is 11.5 Å². The van der Waals surface area contributed by atoms with Crippen LogP contribution in [0, 0.1) is 0 Å². The van der Waals surface area contributed by atoms with Crippen LogP contribution < -0.4 is 20.3 Å². The second-order valence-corrected chi connectivity index (χ2v) is 5.71. The van der Waals surface area contributed by atoms with Gasteiger partial charge < -0.3 is 14.8 Å². The Bertz CT molecular complexity index is 995. The second-order valence-electron chi connectivity index (χ2n) is 5.71. The van der Waals surface area contributed by atoms with Crippen molar-refractivity contribution in [2.75, 3.05) is 11.9 Å². The number of amides is 1. The number of nitrogens with one attached hydrogen (secondary N) is 2. The summed E-state index contributed by atoms with van der Waals surface area (Å²) in [5.41, 5.74) is 1.52. The van der Waals surface area contributed by atoms with Gasteiger partial charge in [0.05, 0.1) is 11.4 Å². The first-order valence-corrected chi connectivity index (χ1v) is 8.05. The zero-order valence-electron chi connectivity index (χ0n) is 13.6. The van der Waals surface area contributed by atoms with Crippen LogP contribution in [0.1, 0.15) is 0 Å². The number of aromatic nitrogens is 2. The molecule has 2 N–H and O–H groups in total. The smallest absolute Gasteiger partial charge is 0.269 e. The Kier molecular flexibility index (Phi) is 4.10. The van der Waals surface area contributed by atoms with Gasteiger partial charge in [-0.15, -0.1) is 0 Å². The molecule has 7 heteroatoms. The molecule has 1 aliphatic heterocycles. The summed E-state index contributed by atoms with van der Waals surface area (Å²) in [6.07, 6.45) is -0.763. The van der Waals surface area contributed by atoms with Crippen molar-refractivity contribution in [1.29, 1.82) is 0 Å². The number of nitrogens with zero attached hydrogens (tertiary/aromatic N) is 1. The topological polar surface area (TPSA) is 93.3 Å². The minimum atomic E-state index is -0.763. The average Bonchev–Trinajstić information content (AvgIpc) is 2.69. The van der Waals surface area contributed by atoms with Crippen molar-refractivity contribution >= 4 is 11.6 Å². The third-order valence-corrected chi connectivity index (χ3v) is 3.94. The summed E-state index contributed by atoms with van der Waals surface area (Å²) >= 11 is 0. The maximum Gasteiger partial charge on any atom is 0.269 e. The molecule has 0 fully saturated rings. The molecule has 0 radical (unpaired) electrons. The molecule has 1 atom stereocenters. The number of rotatable bonds is 3. The minimum Gasteiger partial charge on any atom is -0.485 e. The molecule has 1 aliphatic rings. The van der Waals surface area contributed by atoms with Crippen molar-refractivity contribution in [2.24, 2.45) is 0 Å². The number of fused-ring (bicyclic) bond motifs is 1. The molecule has 1 amide bonds. The molecule has 130 valence electrons. The van der Waals surface area contributed by atoms with Crippen molar-refractivity contribution in [3.05, 3.63) is 71.0 Å². The largest absolute Gasteiger partial charge is 0.485 e. The van der Waals surface area contributed by atoms with Crippen molar-refractivity contribution in [2.45, 2.75) is 6.10 Å². The first-order valence-electron chi connectivity index (χ1n) is 8.05. The van der Waals surface area contributed by atoms with Gasteiger partial charge in [0.1, 0.15) is 6.61 Å². The monoisotopic (exact) mass is 349 g/mol. The van der Waals surface area contributed by atoms with E-state index in [1.54, 1.807) is 30.3 Å². The molecule has 2 heterocycles. The molecule has 0 bridgehead atoms. The predicted octanol–water partition coefficient (Wildman–Crippen LogP) is 2.22. The lowest BCUT2D eigenvalue weighted by molar-refractivity contribution is -0.125. The molecule has 4 rings (SSSR count). The van der Waals surface area contributed by atoms with E-state index in [2.05, 4.69) is 15.5 Å². The standard InChI is InChI=1S/C19H15N3O4/c23-18-10-9-14(21-22-18)12-5-1-2-6-13(12)20-19(24)17-11-25-15-7-3-4-8-16(15)26-17/h1-10,17H,11H2,(H,20,24)(H,22,23)/t17-/m1/s1. The Morgan fingerprint density at radius 2 is 1.81 bits per heavy atom. The number of para-hydroxylation sites is 3. The molecule has 0 saturated heterocycles. The Morgan fingerprint density at radius 3 is 2.62 bits per heavy atom. The second kappa shape index (κ2) is 6.72. The molecule has 7 nitrogen and oxygen atoms in total. The number of carbonyl (C=O) groups excluding carboxylic acids is 1. The number of carbonyl (C=O) groups is 1. The van der Waals surface area contributed by atoms with Gasteiger partial charge in [0.25, 0.3) is 11.5 Å². The van der Waals surface area contributed by atoms with Crippen molar-refractivity contribution in [1.82, 2.24) is 10.2 Å². The SMILES string of the molecule is O=C(Nc1ccccc1-c1ccc(=O)[nH]n1)[C@H]1COc2ccccc2O1. The van der Waals surface area contributed by atoms with Gasteiger partial charge in [-0.2, -0.15) is 5.10 Å². The lowest BCUT2D eigenvalue weighted by atomic mass is 10.1. The highest BCUT2D eigenvalue weighted by Crippen LogP contribution is 2.31. The van der Waals surface area contributed by atoms with Crippen molar-refractivity contribution in [3.8, 4) is 22.8 Å². The van der Waals surface area contributed by atoms with Gasteiger partial charge in [-0.3, -0.25) is 9.59 Å². The molecule has 0 spiro atoms. The van der Waals surface area contributed by atoms with E-state index in [1.165, 1.54) is 6.07 Å². The highest BCUT2D eigenvalue weighted by atomic mass is 16.6. The van der Waals surface area contributed by atoms with E-state index >= 15 is 0 Å². The number of anilines is 1. The Morgan fingerprint density at radius 1 is 1.04 bits per heavy atom. The number of aromatic amines is 1. The summed E-state index contributed by atoms with van der Waals surface area (Å²) in [7, 11) is 0. The Labute approximate surface area is 148 Å².